The second-order valence-electron chi connectivity index (χ2n) is 3.99. The topological polar surface area (TPSA) is 80.4 Å². The molecule has 5 nitrogen and oxygen atoms in total. The van der Waals surface area contributed by atoms with Crippen LogP contribution in [0.3, 0.4) is 0 Å². The van der Waals surface area contributed by atoms with Gasteiger partial charge in [0.05, 0.1) is 10.8 Å². The van der Waals surface area contributed by atoms with Crippen LogP contribution in [0.1, 0.15) is 31.7 Å². The van der Waals surface area contributed by atoms with E-state index in [9.17, 15) is 14.9 Å². The molecule has 2 atom stereocenters. The third kappa shape index (κ3) is 3.03. The Hall–Kier alpha value is -1.91. The number of hydrogen-bond acceptors (Lipinski definition) is 3. The molecule has 0 aromatic heterocycles. The first kappa shape index (κ1) is 13.2. The molecule has 17 heavy (non-hydrogen) atoms. The number of rotatable bonds is 5. The van der Waals surface area contributed by atoms with Crippen molar-refractivity contribution in [1.82, 2.24) is 0 Å². The number of aliphatic carboxylic acids is 1. The zero-order valence-electron chi connectivity index (χ0n) is 9.79. The Morgan fingerprint density at radius 3 is 2.65 bits per heavy atom. The van der Waals surface area contributed by atoms with Crippen LogP contribution in [0.5, 0.6) is 0 Å². The van der Waals surface area contributed by atoms with Crippen LogP contribution >= 0.6 is 0 Å². The van der Waals surface area contributed by atoms with Crippen LogP contribution < -0.4 is 0 Å². The molecule has 0 radical (unpaired) electrons. The van der Waals surface area contributed by atoms with Crippen LogP contribution in [0.2, 0.25) is 0 Å². The van der Waals surface area contributed by atoms with Crippen LogP contribution in [-0.2, 0) is 4.79 Å². The highest BCUT2D eigenvalue weighted by molar-refractivity contribution is 5.71. The van der Waals surface area contributed by atoms with Gasteiger partial charge in [-0.15, -0.1) is 0 Å². The lowest BCUT2D eigenvalue weighted by atomic mass is 9.85. The van der Waals surface area contributed by atoms with E-state index in [0.29, 0.717) is 12.0 Å². The quantitative estimate of drug-likeness (QED) is 0.630. The SMILES string of the molecule is CCC(c1cccc([N+](=O)[O-])c1)[C@H](C)C(=O)O. The molecule has 0 amide bonds. The summed E-state index contributed by atoms with van der Waals surface area (Å²) in [5.41, 5.74) is 0.704. The van der Waals surface area contributed by atoms with Gasteiger partial charge >= 0.3 is 5.97 Å². The predicted octanol–water partition coefficient (Wildman–Crippen LogP) is 2.81. The summed E-state index contributed by atoms with van der Waals surface area (Å²) in [6.07, 6.45) is 0.634. The molecule has 0 aliphatic rings. The maximum Gasteiger partial charge on any atom is 0.306 e. The van der Waals surface area contributed by atoms with Gasteiger partial charge in [0.1, 0.15) is 0 Å². The van der Waals surface area contributed by atoms with Crippen LogP contribution in [0.4, 0.5) is 5.69 Å². The summed E-state index contributed by atoms with van der Waals surface area (Å²) < 4.78 is 0. The van der Waals surface area contributed by atoms with E-state index in [1.165, 1.54) is 12.1 Å². The van der Waals surface area contributed by atoms with E-state index in [4.69, 9.17) is 5.11 Å². The molecule has 1 rings (SSSR count). The maximum atomic E-state index is 11.0. The Kier molecular flexibility index (Phi) is 4.20. The Balaban J connectivity index is 3.08. The molecular formula is C12H15NO4. The smallest absolute Gasteiger partial charge is 0.306 e. The average molecular weight is 237 g/mol. The number of hydrogen-bond donors (Lipinski definition) is 1. The minimum absolute atomic E-state index is 0.00135. The summed E-state index contributed by atoms with van der Waals surface area (Å²) >= 11 is 0. The van der Waals surface area contributed by atoms with E-state index in [2.05, 4.69) is 0 Å². The van der Waals surface area contributed by atoms with Gasteiger partial charge in [0, 0.05) is 12.1 Å². The fourth-order valence-electron chi connectivity index (χ4n) is 1.92. The van der Waals surface area contributed by atoms with E-state index < -0.39 is 16.8 Å². The molecule has 1 aromatic carbocycles. The van der Waals surface area contributed by atoms with Gasteiger partial charge in [-0.3, -0.25) is 14.9 Å². The fraction of sp³-hybridized carbons (Fsp3) is 0.417. The van der Waals surface area contributed by atoms with Crippen molar-refractivity contribution in [3.8, 4) is 0 Å². The van der Waals surface area contributed by atoms with E-state index in [1.54, 1.807) is 19.1 Å². The summed E-state index contributed by atoms with van der Waals surface area (Å²) in [5.74, 6) is -1.64. The molecule has 0 aliphatic carbocycles. The monoisotopic (exact) mass is 237 g/mol. The van der Waals surface area contributed by atoms with Crippen LogP contribution in [0.25, 0.3) is 0 Å². The number of nitro benzene ring substituents is 1. The summed E-state index contributed by atoms with van der Waals surface area (Å²) in [5, 5.41) is 19.6. The molecule has 0 fully saturated rings. The zero-order valence-corrected chi connectivity index (χ0v) is 9.79. The summed E-state index contributed by atoms with van der Waals surface area (Å²) in [7, 11) is 0. The fourth-order valence-corrected chi connectivity index (χ4v) is 1.92. The molecule has 0 bridgehead atoms. The summed E-state index contributed by atoms with van der Waals surface area (Å²) in [6, 6.07) is 6.18. The lowest BCUT2D eigenvalue weighted by Crippen LogP contribution is -2.18. The van der Waals surface area contributed by atoms with E-state index >= 15 is 0 Å². The molecule has 0 saturated heterocycles. The van der Waals surface area contributed by atoms with Crippen molar-refractivity contribution < 1.29 is 14.8 Å². The third-order valence-electron chi connectivity index (χ3n) is 2.94. The molecule has 0 spiro atoms. The molecular weight excluding hydrogens is 222 g/mol. The first-order valence-corrected chi connectivity index (χ1v) is 5.44. The second-order valence-corrected chi connectivity index (χ2v) is 3.99. The van der Waals surface area contributed by atoms with Gasteiger partial charge in [0.15, 0.2) is 0 Å². The van der Waals surface area contributed by atoms with Crippen molar-refractivity contribution in [1.29, 1.82) is 0 Å². The highest BCUT2D eigenvalue weighted by Gasteiger charge is 2.24. The highest BCUT2D eigenvalue weighted by atomic mass is 16.6. The van der Waals surface area contributed by atoms with Crippen LogP contribution in [0.15, 0.2) is 24.3 Å². The Morgan fingerprint density at radius 1 is 1.53 bits per heavy atom. The predicted molar refractivity (Wildman–Crippen MR) is 62.9 cm³/mol. The number of carboxylic acids is 1. The van der Waals surface area contributed by atoms with Crippen LogP contribution in [0, 0.1) is 16.0 Å². The van der Waals surface area contributed by atoms with Gasteiger partial charge in [-0.05, 0) is 17.9 Å². The van der Waals surface area contributed by atoms with Gasteiger partial charge in [-0.2, -0.15) is 0 Å². The van der Waals surface area contributed by atoms with Gasteiger partial charge in [-0.25, -0.2) is 0 Å². The van der Waals surface area contributed by atoms with Crippen molar-refractivity contribution in [3.63, 3.8) is 0 Å². The van der Waals surface area contributed by atoms with Gasteiger partial charge in [-0.1, -0.05) is 26.0 Å². The van der Waals surface area contributed by atoms with E-state index in [0.717, 1.165) is 0 Å². The average Bonchev–Trinajstić information content (AvgIpc) is 2.30. The standard InChI is InChI=1S/C12H15NO4/c1-3-11(8(2)12(14)15)9-5-4-6-10(7-9)13(16)17/h4-8,11H,3H2,1-2H3,(H,14,15)/t8-,11?/m0/s1. The highest BCUT2D eigenvalue weighted by Crippen LogP contribution is 2.30. The first-order valence-electron chi connectivity index (χ1n) is 5.44. The second kappa shape index (κ2) is 5.43. The molecule has 1 N–H and O–H groups in total. The lowest BCUT2D eigenvalue weighted by Gasteiger charge is -2.19. The third-order valence-corrected chi connectivity index (χ3v) is 2.94. The van der Waals surface area contributed by atoms with Crippen LogP contribution in [-0.4, -0.2) is 16.0 Å². The van der Waals surface area contributed by atoms with Gasteiger partial charge < -0.3 is 5.11 Å². The Labute approximate surface area is 99.2 Å². The van der Waals surface area contributed by atoms with Crippen molar-refractivity contribution in [2.75, 3.05) is 0 Å². The molecule has 1 aromatic rings. The molecule has 0 saturated carbocycles. The number of benzene rings is 1. The number of carbonyl (C=O) groups is 1. The molecule has 92 valence electrons. The van der Waals surface area contributed by atoms with Crippen molar-refractivity contribution in [2.45, 2.75) is 26.2 Å². The van der Waals surface area contributed by atoms with E-state index in [1.807, 2.05) is 6.92 Å². The largest absolute Gasteiger partial charge is 0.481 e. The van der Waals surface area contributed by atoms with Gasteiger partial charge in [0.25, 0.3) is 5.69 Å². The number of non-ortho nitro benzene ring substituents is 1. The van der Waals surface area contributed by atoms with Crippen molar-refractivity contribution in [2.24, 2.45) is 5.92 Å². The normalized spacial score (nSPS) is 14.0. The zero-order chi connectivity index (χ0) is 13.0. The Morgan fingerprint density at radius 2 is 2.18 bits per heavy atom. The molecule has 5 heteroatoms. The maximum absolute atomic E-state index is 11.0. The number of nitrogens with zero attached hydrogens (tertiary/aromatic N) is 1. The first-order chi connectivity index (χ1) is 7.97. The van der Waals surface area contributed by atoms with Gasteiger partial charge in [0.2, 0.25) is 0 Å². The minimum atomic E-state index is -0.886. The number of carboxylic acid groups (broad SMARTS) is 1. The molecule has 1 unspecified atom stereocenters. The van der Waals surface area contributed by atoms with Crippen molar-refractivity contribution >= 4 is 11.7 Å². The molecule has 0 heterocycles. The lowest BCUT2D eigenvalue weighted by molar-refractivity contribution is -0.384. The summed E-state index contributed by atoms with van der Waals surface area (Å²) in [6.45, 7) is 3.50. The molecule has 0 aliphatic heterocycles. The Bertz CT molecular complexity index is 430. The summed E-state index contributed by atoms with van der Waals surface area (Å²) in [4.78, 5) is 21.1. The van der Waals surface area contributed by atoms with E-state index in [-0.39, 0.29) is 11.6 Å². The number of nitro groups is 1. The van der Waals surface area contributed by atoms with Crippen molar-refractivity contribution in [3.05, 3.63) is 39.9 Å². The minimum Gasteiger partial charge on any atom is -0.481 e.